The number of nitrogens with one attached hydrogen (secondary N) is 2. The second kappa shape index (κ2) is 11.6. The lowest BCUT2D eigenvalue weighted by Gasteiger charge is -2.16. The van der Waals surface area contributed by atoms with E-state index in [1.165, 1.54) is 49.8 Å². The molecule has 1 aromatic heterocycles. The van der Waals surface area contributed by atoms with Crippen molar-refractivity contribution >= 4 is 57.9 Å². The number of thiophene rings is 1. The lowest BCUT2D eigenvalue weighted by atomic mass is 10.2. The van der Waals surface area contributed by atoms with Crippen molar-refractivity contribution in [3.63, 3.8) is 0 Å². The van der Waals surface area contributed by atoms with Crippen LogP contribution >= 0.6 is 23.1 Å². The van der Waals surface area contributed by atoms with Gasteiger partial charge in [0.2, 0.25) is 0 Å². The number of thioether (sulfide) groups is 1. The van der Waals surface area contributed by atoms with Gasteiger partial charge in [-0.15, -0.1) is 11.3 Å². The first kappa shape index (κ1) is 27.0. The topological polar surface area (TPSA) is 97.0 Å². The minimum Gasteiger partial charge on any atom is -0.497 e. The molecule has 3 amide bonds. The molecule has 0 aliphatic carbocycles. The van der Waals surface area contributed by atoms with Gasteiger partial charge in [-0.2, -0.15) is 0 Å². The minimum atomic E-state index is -0.600. The third-order valence-corrected chi connectivity index (χ3v) is 7.83. The number of halogens is 1. The second-order valence-corrected chi connectivity index (χ2v) is 10.4. The first-order valence-corrected chi connectivity index (χ1v) is 13.6. The Hall–Kier alpha value is -4.61. The number of nitrogens with zero attached hydrogens (tertiary/aromatic N) is 1. The Kier molecular flexibility index (Phi) is 7.85. The third-order valence-electron chi connectivity index (χ3n) is 5.87. The van der Waals surface area contributed by atoms with Crippen LogP contribution < -0.4 is 25.0 Å². The summed E-state index contributed by atoms with van der Waals surface area (Å²) in [4.78, 5) is 41.9. The smallest absolute Gasteiger partial charge is 0.283 e. The van der Waals surface area contributed by atoms with Crippen LogP contribution in [-0.4, -0.2) is 31.9 Å². The monoisotopic (exact) mass is 575 g/mol. The molecule has 0 saturated carbocycles. The predicted octanol–water partition coefficient (Wildman–Crippen LogP) is 6.15. The molecule has 5 rings (SSSR count). The normalized spacial score (nSPS) is 13.0. The van der Waals surface area contributed by atoms with Gasteiger partial charge in [-0.05, 0) is 72.1 Å². The standard InChI is InChI=1S/C29H22FN3O5S2/c1-37-20-11-14-22(23(16-20)38-2)32-25-26(29(36)33(28(25)35)19-9-5-17(30)6-10-19)40-21-12-7-18(8-13-21)31-27(34)24-4-3-15-39-24/h3-16,32H,1-2H3,(H,31,34). The zero-order valence-corrected chi connectivity index (χ0v) is 22.9. The van der Waals surface area contributed by atoms with E-state index < -0.39 is 17.6 Å². The maximum absolute atomic E-state index is 13.6. The van der Waals surface area contributed by atoms with Crippen molar-refractivity contribution in [3.05, 3.63) is 106 Å². The number of ether oxygens (including phenoxy) is 2. The Morgan fingerprint density at radius 2 is 1.68 bits per heavy atom. The lowest BCUT2D eigenvalue weighted by Crippen LogP contribution is -2.32. The molecule has 40 heavy (non-hydrogen) atoms. The molecule has 3 aromatic carbocycles. The number of carbonyl (C=O) groups excluding carboxylic acids is 3. The molecule has 0 saturated heterocycles. The summed E-state index contributed by atoms with van der Waals surface area (Å²) in [5, 5.41) is 7.72. The molecule has 0 spiro atoms. The number of benzene rings is 3. The Morgan fingerprint density at radius 3 is 2.33 bits per heavy atom. The summed E-state index contributed by atoms with van der Waals surface area (Å²) < 4.78 is 24.3. The van der Waals surface area contributed by atoms with E-state index in [0.29, 0.717) is 32.6 Å². The molecule has 1 aliphatic rings. The number of anilines is 3. The Labute approximate surface area is 237 Å². The van der Waals surface area contributed by atoms with Gasteiger partial charge in [0.15, 0.2) is 0 Å². The largest absolute Gasteiger partial charge is 0.497 e. The number of amides is 3. The van der Waals surface area contributed by atoms with Crippen LogP contribution in [0.4, 0.5) is 21.5 Å². The summed E-state index contributed by atoms with van der Waals surface area (Å²) in [6.07, 6.45) is 0. The summed E-state index contributed by atoms with van der Waals surface area (Å²) in [6.45, 7) is 0. The fourth-order valence-electron chi connectivity index (χ4n) is 3.90. The second-order valence-electron chi connectivity index (χ2n) is 8.38. The van der Waals surface area contributed by atoms with Gasteiger partial charge < -0.3 is 20.1 Å². The van der Waals surface area contributed by atoms with E-state index in [0.717, 1.165) is 16.7 Å². The summed E-state index contributed by atoms with van der Waals surface area (Å²) in [6, 6.07) is 20.6. The van der Waals surface area contributed by atoms with Crippen LogP contribution in [0.15, 0.2) is 99.7 Å². The average Bonchev–Trinajstić information content (AvgIpc) is 3.59. The van der Waals surface area contributed by atoms with Gasteiger partial charge in [0.1, 0.15) is 27.9 Å². The molecule has 2 N–H and O–H groups in total. The summed E-state index contributed by atoms with van der Waals surface area (Å²) >= 11 is 2.43. The maximum atomic E-state index is 13.6. The van der Waals surface area contributed by atoms with Crippen molar-refractivity contribution < 1.29 is 28.2 Å². The Balaban J connectivity index is 1.46. The summed E-state index contributed by atoms with van der Waals surface area (Å²) in [5.74, 6) is -0.910. The molecule has 0 radical (unpaired) electrons. The molecule has 202 valence electrons. The first-order chi connectivity index (χ1) is 19.4. The lowest BCUT2D eigenvalue weighted by molar-refractivity contribution is -0.120. The SMILES string of the molecule is COc1ccc(NC2=C(Sc3ccc(NC(=O)c4cccs4)cc3)C(=O)N(c3ccc(F)cc3)C2=O)c(OC)c1. The van der Waals surface area contributed by atoms with Crippen LogP contribution in [0.2, 0.25) is 0 Å². The van der Waals surface area contributed by atoms with Gasteiger partial charge in [0.05, 0.1) is 30.5 Å². The van der Waals surface area contributed by atoms with Crippen molar-refractivity contribution in [1.82, 2.24) is 0 Å². The first-order valence-electron chi connectivity index (χ1n) is 11.9. The summed E-state index contributed by atoms with van der Waals surface area (Å²) in [7, 11) is 3.01. The highest BCUT2D eigenvalue weighted by Gasteiger charge is 2.40. The van der Waals surface area contributed by atoms with E-state index in [-0.39, 0.29) is 22.2 Å². The Morgan fingerprint density at radius 1 is 0.925 bits per heavy atom. The predicted molar refractivity (Wildman–Crippen MR) is 154 cm³/mol. The molecule has 0 bridgehead atoms. The quantitative estimate of drug-likeness (QED) is 0.231. The van der Waals surface area contributed by atoms with Crippen LogP contribution in [0, 0.1) is 5.82 Å². The molecular formula is C29H22FN3O5S2. The number of carbonyl (C=O) groups is 3. The van der Waals surface area contributed by atoms with E-state index in [1.807, 2.05) is 5.38 Å². The molecule has 0 unspecified atom stereocenters. The zero-order chi connectivity index (χ0) is 28.2. The van der Waals surface area contributed by atoms with E-state index in [4.69, 9.17) is 9.47 Å². The number of methoxy groups -OCH3 is 2. The molecule has 4 aromatic rings. The van der Waals surface area contributed by atoms with Crippen LogP contribution in [0.3, 0.4) is 0 Å². The highest BCUT2D eigenvalue weighted by molar-refractivity contribution is 8.04. The average molecular weight is 576 g/mol. The van der Waals surface area contributed by atoms with Crippen LogP contribution in [-0.2, 0) is 9.59 Å². The van der Waals surface area contributed by atoms with Gasteiger partial charge in [-0.3, -0.25) is 14.4 Å². The van der Waals surface area contributed by atoms with Gasteiger partial charge in [-0.25, -0.2) is 9.29 Å². The zero-order valence-electron chi connectivity index (χ0n) is 21.3. The third kappa shape index (κ3) is 5.56. The molecular weight excluding hydrogens is 553 g/mol. The van der Waals surface area contributed by atoms with Crippen molar-refractivity contribution in [2.45, 2.75) is 4.90 Å². The number of rotatable bonds is 9. The highest BCUT2D eigenvalue weighted by atomic mass is 32.2. The van der Waals surface area contributed by atoms with Gasteiger partial charge in [0.25, 0.3) is 17.7 Å². The van der Waals surface area contributed by atoms with E-state index in [2.05, 4.69) is 10.6 Å². The molecule has 1 aliphatic heterocycles. The van der Waals surface area contributed by atoms with E-state index >= 15 is 0 Å². The van der Waals surface area contributed by atoms with Crippen LogP contribution in [0.5, 0.6) is 11.5 Å². The van der Waals surface area contributed by atoms with Gasteiger partial charge in [0, 0.05) is 16.6 Å². The van der Waals surface area contributed by atoms with Crippen molar-refractivity contribution in [3.8, 4) is 11.5 Å². The van der Waals surface area contributed by atoms with Crippen LogP contribution in [0.25, 0.3) is 0 Å². The number of imide groups is 1. The Bertz CT molecular complexity index is 1600. The molecule has 0 fully saturated rings. The van der Waals surface area contributed by atoms with Crippen molar-refractivity contribution in [2.24, 2.45) is 0 Å². The molecule has 8 nitrogen and oxygen atoms in total. The fraction of sp³-hybridized carbons (Fsp3) is 0.0690. The maximum Gasteiger partial charge on any atom is 0.283 e. The highest BCUT2D eigenvalue weighted by Crippen LogP contribution is 2.40. The summed E-state index contributed by atoms with van der Waals surface area (Å²) in [5.41, 5.74) is 1.31. The van der Waals surface area contributed by atoms with Crippen LogP contribution in [0.1, 0.15) is 9.67 Å². The number of hydrogen-bond donors (Lipinski definition) is 2. The van der Waals surface area contributed by atoms with Crippen molar-refractivity contribution in [2.75, 3.05) is 29.8 Å². The minimum absolute atomic E-state index is 0.0397. The van der Waals surface area contributed by atoms with E-state index in [1.54, 1.807) is 54.6 Å². The van der Waals surface area contributed by atoms with Gasteiger partial charge >= 0.3 is 0 Å². The molecule has 11 heteroatoms. The van der Waals surface area contributed by atoms with E-state index in [9.17, 15) is 18.8 Å². The van der Waals surface area contributed by atoms with Gasteiger partial charge in [-0.1, -0.05) is 17.8 Å². The number of hydrogen-bond acceptors (Lipinski definition) is 8. The fourth-order valence-corrected chi connectivity index (χ4v) is 5.45. The molecule has 0 atom stereocenters. The molecule has 2 heterocycles. The van der Waals surface area contributed by atoms with Crippen molar-refractivity contribution in [1.29, 1.82) is 0 Å².